The highest BCUT2D eigenvalue weighted by molar-refractivity contribution is 6.04. The number of benzene rings is 1. The molecule has 1 aromatic rings. The van der Waals surface area contributed by atoms with Gasteiger partial charge in [0.25, 0.3) is 5.91 Å². The van der Waals surface area contributed by atoms with Crippen LogP contribution in [0.25, 0.3) is 0 Å². The summed E-state index contributed by atoms with van der Waals surface area (Å²) < 4.78 is 39.0. The van der Waals surface area contributed by atoms with Gasteiger partial charge in [0.1, 0.15) is 0 Å². The molecule has 0 bridgehead atoms. The number of imide groups is 1. The van der Waals surface area contributed by atoms with Gasteiger partial charge in [-0.2, -0.15) is 0 Å². The van der Waals surface area contributed by atoms with E-state index in [0.717, 1.165) is 13.0 Å². The molecule has 0 atom stereocenters. The molecule has 7 heteroatoms. The summed E-state index contributed by atoms with van der Waals surface area (Å²) in [6, 6.07) is 1.40. The minimum absolute atomic E-state index is 0.0172. The molecule has 0 unspecified atom stereocenters. The molecule has 98 valence electrons. The molecule has 0 heterocycles. The van der Waals surface area contributed by atoms with Gasteiger partial charge in [-0.25, -0.2) is 13.2 Å². The highest BCUT2D eigenvalue weighted by Crippen LogP contribution is 2.17. The molecule has 4 nitrogen and oxygen atoms in total. The smallest absolute Gasteiger partial charge is 0.263 e. The summed E-state index contributed by atoms with van der Waals surface area (Å²) >= 11 is 0. The maximum absolute atomic E-state index is 13.4. The summed E-state index contributed by atoms with van der Waals surface area (Å²) in [5.74, 6) is -6.49. The lowest BCUT2D eigenvalue weighted by Crippen LogP contribution is -2.39. The summed E-state index contributed by atoms with van der Waals surface area (Å²) in [6.07, 6.45) is 0. The molecule has 0 aromatic heterocycles. The Bertz CT molecular complexity index is 491. The van der Waals surface area contributed by atoms with Gasteiger partial charge in [-0.3, -0.25) is 14.5 Å². The van der Waals surface area contributed by atoms with Crippen molar-refractivity contribution < 1.29 is 22.8 Å². The standard InChI is InChI=1S/C11H11F3N2O2/c1-6(17)16(5-4-15)11(18)7-2-3-8(12)10(14)9(7)13/h2-3H,4-5,15H2,1H3. The zero-order chi connectivity index (χ0) is 13.9. The normalized spacial score (nSPS) is 10.3. The largest absolute Gasteiger partial charge is 0.329 e. The van der Waals surface area contributed by atoms with Crippen LogP contribution in [-0.2, 0) is 4.79 Å². The van der Waals surface area contributed by atoms with E-state index in [2.05, 4.69) is 0 Å². The van der Waals surface area contributed by atoms with Crippen LogP contribution in [0, 0.1) is 17.5 Å². The number of nitrogens with zero attached hydrogens (tertiary/aromatic N) is 1. The van der Waals surface area contributed by atoms with Crippen LogP contribution in [0.4, 0.5) is 13.2 Å². The number of nitrogens with two attached hydrogens (primary N) is 1. The minimum Gasteiger partial charge on any atom is -0.329 e. The first-order valence-corrected chi connectivity index (χ1v) is 5.06. The van der Waals surface area contributed by atoms with E-state index in [1.807, 2.05) is 0 Å². The van der Waals surface area contributed by atoms with E-state index in [-0.39, 0.29) is 13.1 Å². The molecule has 0 aliphatic rings. The van der Waals surface area contributed by atoms with Gasteiger partial charge in [0.15, 0.2) is 17.5 Å². The van der Waals surface area contributed by atoms with E-state index >= 15 is 0 Å². The summed E-state index contributed by atoms with van der Waals surface area (Å²) in [7, 11) is 0. The monoisotopic (exact) mass is 260 g/mol. The SMILES string of the molecule is CC(=O)N(CCN)C(=O)c1ccc(F)c(F)c1F. The van der Waals surface area contributed by atoms with Crippen molar-refractivity contribution in [1.29, 1.82) is 0 Å². The van der Waals surface area contributed by atoms with Gasteiger partial charge in [0, 0.05) is 20.0 Å². The van der Waals surface area contributed by atoms with Crippen molar-refractivity contribution in [1.82, 2.24) is 4.90 Å². The number of amides is 2. The van der Waals surface area contributed by atoms with E-state index in [1.165, 1.54) is 0 Å². The van der Waals surface area contributed by atoms with Crippen LogP contribution in [0.2, 0.25) is 0 Å². The van der Waals surface area contributed by atoms with E-state index in [0.29, 0.717) is 11.0 Å². The number of rotatable bonds is 3. The van der Waals surface area contributed by atoms with Gasteiger partial charge in [0.2, 0.25) is 5.91 Å². The highest BCUT2D eigenvalue weighted by atomic mass is 19.2. The van der Waals surface area contributed by atoms with Crippen molar-refractivity contribution >= 4 is 11.8 Å². The molecule has 0 fully saturated rings. The molecule has 18 heavy (non-hydrogen) atoms. The van der Waals surface area contributed by atoms with E-state index in [4.69, 9.17) is 5.73 Å². The van der Waals surface area contributed by atoms with Crippen molar-refractivity contribution in [3.63, 3.8) is 0 Å². The van der Waals surface area contributed by atoms with Crippen LogP contribution < -0.4 is 5.73 Å². The van der Waals surface area contributed by atoms with Crippen molar-refractivity contribution in [3.05, 3.63) is 35.1 Å². The van der Waals surface area contributed by atoms with E-state index in [1.54, 1.807) is 0 Å². The number of hydrogen-bond acceptors (Lipinski definition) is 3. The summed E-state index contributed by atoms with van der Waals surface area (Å²) in [6.45, 7) is 0.939. The van der Waals surface area contributed by atoms with Crippen LogP contribution >= 0.6 is 0 Å². The van der Waals surface area contributed by atoms with Gasteiger partial charge in [-0.1, -0.05) is 0 Å². The fourth-order valence-electron chi connectivity index (χ4n) is 1.37. The average molecular weight is 260 g/mol. The van der Waals surface area contributed by atoms with Gasteiger partial charge in [-0.05, 0) is 12.1 Å². The molecule has 0 saturated carbocycles. The first kappa shape index (κ1) is 14.2. The van der Waals surface area contributed by atoms with Crippen LogP contribution in [0.1, 0.15) is 17.3 Å². The Kier molecular flexibility index (Phi) is 4.43. The number of halogens is 3. The topological polar surface area (TPSA) is 63.4 Å². The second-order valence-electron chi connectivity index (χ2n) is 3.49. The van der Waals surface area contributed by atoms with Crippen LogP contribution in [-0.4, -0.2) is 29.8 Å². The van der Waals surface area contributed by atoms with Gasteiger partial charge in [-0.15, -0.1) is 0 Å². The molecule has 0 radical (unpaired) electrons. The van der Waals surface area contributed by atoms with Crippen LogP contribution in [0.3, 0.4) is 0 Å². The predicted molar refractivity (Wildman–Crippen MR) is 57.1 cm³/mol. The fourth-order valence-corrected chi connectivity index (χ4v) is 1.37. The van der Waals surface area contributed by atoms with E-state index in [9.17, 15) is 22.8 Å². The van der Waals surface area contributed by atoms with Crippen LogP contribution in [0.5, 0.6) is 0 Å². The number of hydrogen-bond donors (Lipinski definition) is 1. The quantitative estimate of drug-likeness (QED) is 0.826. The van der Waals surface area contributed by atoms with Crippen molar-refractivity contribution in [3.8, 4) is 0 Å². The Morgan fingerprint density at radius 1 is 1.22 bits per heavy atom. The summed E-state index contributed by atoms with van der Waals surface area (Å²) in [5.41, 5.74) is 4.49. The highest BCUT2D eigenvalue weighted by Gasteiger charge is 2.25. The Hall–Kier alpha value is -1.89. The lowest BCUT2D eigenvalue weighted by molar-refractivity contribution is -0.126. The maximum Gasteiger partial charge on any atom is 0.263 e. The molecule has 0 aliphatic heterocycles. The third kappa shape index (κ3) is 2.67. The summed E-state index contributed by atoms with van der Waals surface area (Å²) in [5, 5.41) is 0. The fraction of sp³-hybridized carbons (Fsp3) is 0.273. The maximum atomic E-state index is 13.4. The minimum atomic E-state index is -1.75. The van der Waals surface area contributed by atoms with Crippen molar-refractivity contribution in [2.75, 3.05) is 13.1 Å². The third-order valence-electron chi connectivity index (χ3n) is 2.24. The first-order valence-electron chi connectivity index (χ1n) is 5.06. The molecular formula is C11H11F3N2O2. The van der Waals surface area contributed by atoms with Gasteiger partial charge >= 0.3 is 0 Å². The molecule has 0 saturated heterocycles. The summed E-state index contributed by atoms with van der Waals surface area (Å²) in [4.78, 5) is 23.6. The van der Waals surface area contributed by atoms with Crippen molar-refractivity contribution in [2.24, 2.45) is 5.73 Å². The second-order valence-corrected chi connectivity index (χ2v) is 3.49. The molecular weight excluding hydrogens is 249 g/mol. The molecule has 0 aliphatic carbocycles. The van der Waals surface area contributed by atoms with Crippen molar-refractivity contribution in [2.45, 2.75) is 6.92 Å². The Balaban J connectivity index is 3.17. The molecule has 1 rings (SSSR count). The first-order chi connectivity index (χ1) is 8.40. The van der Waals surface area contributed by atoms with E-state index < -0.39 is 34.8 Å². The average Bonchev–Trinajstić information content (AvgIpc) is 2.32. The lowest BCUT2D eigenvalue weighted by Gasteiger charge is -2.18. The lowest BCUT2D eigenvalue weighted by atomic mass is 10.1. The van der Waals surface area contributed by atoms with Crippen LogP contribution in [0.15, 0.2) is 12.1 Å². The predicted octanol–water partition coefficient (Wildman–Crippen LogP) is 1.05. The molecule has 1 aromatic carbocycles. The van der Waals surface area contributed by atoms with Gasteiger partial charge < -0.3 is 5.73 Å². The Labute approximate surface area is 101 Å². The third-order valence-corrected chi connectivity index (χ3v) is 2.24. The van der Waals surface area contributed by atoms with Gasteiger partial charge in [0.05, 0.1) is 5.56 Å². The Morgan fingerprint density at radius 3 is 2.33 bits per heavy atom. The Morgan fingerprint density at radius 2 is 1.83 bits per heavy atom. The number of carbonyl (C=O) groups is 2. The zero-order valence-electron chi connectivity index (χ0n) is 9.54. The second kappa shape index (κ2) is 5.63. The zero-order valence-corrected chi connectivity index (χ0v) is 9.54. The molecule has 2 amide bonds. The molecule has 2 N–H and O–H groups in total. The molecule has 0 spiro atoms. The number of carbonyl (C=O) groups excluding carboxylic acids is 2.